The van der Waals surface area contributed by atoms with Crippen molar-refractivity contribution in [2.24, 2.45) is 11.3 Å². The molecule has 98 valence electrons. The Balaban J connectivity index is 4.62. The molecule has 0 heterocycles. The van der Waals surface area contributed by atoms with Crippen LogP contribution in [0.2, 0.25) is 0 Å². The van der Waals surface area contributed by atoms with E-state index in [0.29, 0.717) is 6.54 Å². The molecule has 0 aliphatic heterocycles. The lowest BCUT2D eigenvalue weighted by Gasteiger charge is -2.29. The van der Waals surface area contributed by atoms with Crippen molar-refractivity contribution in [1.82, 2.24) is 10.7 Å². The summed E-state index contributed by atoms with van der Waals surface area (Å²) in [6.45, 7) is 10.1. The molecule has 17 heavy (non-hydrogen) atoms. The molecule has 0 bridgehead atoms. The minimum atomic E-state index is -0.381. The first kappa shape index (κ1) is 15.7. The van der Waals surface area contributed by atoms with Gasteiger partial charge >= 0.3 is 5.97 Å². The van der Waals surface area contributed by atoms with Gasteiger partial charge in [0.05, 0.1) is 7.11 Å². The number of carbonyl (C=O) groups excluding carboxylic acids is 1. The average Bonchev–Trinajstić information content (AvgIpc) is 2.25. The molecular formula is C12H23N3O2. The van der Waals surface area contributed by atoms with Crippen molar-refractivity contribution in [3.05, 3.63) is 24.4 Å². The van der Waals surface area contributed by atoms with E-state index in [-0.39, 0.29) is 17.4 Å². The van der Waals surface area contributed by atoms with E-state index in [1.807, 2.05) is 20.8 Å². The molecule has 5 heteroatoms. The maximum atomic E-state index is 11.6. The van der Waals surface area contributed by atoms with Crippen LogP contribution in [0.1, 0.15) is 20.8 Å². The Kier molecular flexibility index (Phi) is 6.53. The van der Waals surface area contributed by atoms with Crippen LogP contribution in [0, 0.1) is 5.41 Å². The molecule has 0 spiro atoms. The molecule has 0 aliphatic rings. The zero-order valence-electron chi connectivity index (χ0n) is 11.0. The molecule has 0 amide bonds. The van der Waals surface area contributed by atoms with Crippen LogP contribution in [0.15, 0.2) is 24.4 Å². The number of methoxy groups -OCH3 is 1. The minimum absolute atomic E-state index is 0.227. The summed E-state index contributed by atoms with van der Waals surface area (Å²) >= 11 is 0. The van der Waals surface area contributed by atoms with Gasteiger partial charge < -0.3 is 10.2 Å². The number of hydrogen-bond acceptors (Lipinski definition) is 5. The summed E-state index contributed by atoms with van der Waals surface area (Å²) in [5.41, 5.74) is 3.07. The number of hydrogen-bond donors (Lipinski definition) is 3. The number of ether oxygens (including phenoxy) is 1. The average molecular weight is 241 g/mol. The second-order valence-corrected chi connectivity index (χ2v) is 4.79. The second kappa shape index (κ2) is 7.09. The normalized spacial score (nSPS) is 14.1. The number of carbonyl (C=O) groups is 1. The van der Waals surface area contributed by atoms with Gasteiger partial charge in [0.25, 0.3) is 0 Å². The van der Waals surface area contributed by atoms with Gasteiger partial charge in [0.1, 0.15) is 6.04 Å². The van der Waals surface area contributed by atoms with Crippen LogP contribution in [-0.2, 0) is 9.53 Å². The van der Waals surface area contributed by atoms with Crippen LogP contribution >= 0.6 is 0 Å². The molecular weight excluding hydrogens is 218 g/mol. The van der Waals surface area contributed by atoms with Gasteiger partial charge in [-0.15, -0.1) is 0 Å². The highest BCUT2D eigenvalue weighted by Crippen LogP contribution is 2.20. The predicted octanol–water partition coefficient (Wildman–Crippen LogP) is 0.697. The van der Waals surface area contributed by atoms with Crippen molar-refractivity contribution >= 4 is 5.97 Å². The first-order valence-electron chi connectivity index (χ1n) is 5.45. The lowest BCUT2D eigenvalue weighted by atomic mass is 9.86. The number of nitrogens with two attached hydrogens (primary N) is 1. The lowest BCUT2D eigenvalue weighted by Crippen LogP contribution is -2.47. The lowest BCUT2D eigenvalue weighted by molar-refractivity contribution is -0.145. The smallest absolute Gasteiger partial charge is 0.323 e. The SMILES string of the molecule is C=C/C(=C\NN)CN[C@H](C(=O)OC)C(C)(C)C. The summed E-state index contributed by atoms with van der Waals surface area (Å²) < 4.78 is 4.78. The minimum Gasteiger partial charge on any atom is -0.468 e. The van der Waals surface area contributed by atoms with Gasteiger partial charge in [-0.3, -0.25) is 16.0 Å². The molecule has 0 fully saturated rings. The van der Waals surface area contributed by atoms with E-state index < -0.39 is 0 Å². The van der Waals surface area contributed by atoms with E-state index >= 15 is 0 Å². The standard InChI is InChI=1S/C12H23N3O2/c1-6-9(8-15-13)7-14-10(11(16)17-5)12(2,3)4/h6,8,10,14-15H,1,7,13H2,2-5H3/b9-8+/t10-/m1/s1. The molecule has 0 saturated heterocycles. The van der Waals surface area contributed by atoms with Gasteiger partial charge in [0.15, 0.2) is 0 Å². The van der Waals surface area contributed by atoms with Gasteiger partial charge in [-0.2, -0.15) is 0 Å². The topological polar surface area (TPSA) is 76.4 Å². The van der Waals surface area contributed by atoms with Crippen LogP contribution in [-0.4, -0.2) is 25.7 Å². The molecule has 0 saturated carbocycles. The fourth-order valence-electron chi connectivity index (χ4n) is 1.37. The Hall–Kier alpha value is -1.33. The molecule has 0 radical (unpaired) electrons. The van der Waals surface area contributed by atoms with Gasteiger partial charge in [-0.25, -0.2) is 0 Å². The number of rotatable bonds is 6. The zero-order chi connectivity index (χ0) is 13.5. The van der Waals surface area contributed by atoms with Crippen molar-refractivity contribution in [1.29, 1.82) is 0 Å². The summed E-state index contributed by atoms with van der Waals surface area (Å²) in [4.78, 5) is 11.6. The van der Waals surface area contributed by atoms with E-state index in [4.69, 9.17) is 10.6 Å². The molecule has 0 unspecified atom stereocenters. The summed E-state index contributed by atoms with van der Waals surface area (Å²) in [7, 11) is 1.38. The molecule has 0 aliphatic carbocycles. The maximum Gasteiger partial charge on any atom is 0.323 e. The number of nitrogens with one attached hydrogen (secondary N) is 2. The van der Waals surface area contributed by atoms with E-state index in [1.165, 1.54) is 7.11 Å². The Bertz CT molecular complexity index is 293. The Morgan fingerprint density at radius 3 is 2.47 bits per heavy atom. The highest BCUT2D eigenvalue weighted by atomic mass is 16.5. The Morgan fingerprint density at radius 1 is 1.53 bits per heavy atom. The van der Waals surface area contributed by atoms with Crippen LogP contribution in [0.3, 0.4) is 0 Å². The summed E-state index contributed by atoms with van der Waals surface area (Å²) in [5.74, 6) is 4.91. The quantitative estimate of drug-likeness (QED) is 0.276. The van der Waals surface area contributed by atoms with E-state index in [2.05, 4.69) is 17.3 Å². The van der Waals surface area contributed by atoms with E-state index in [9.17, 15) is 4.79 Å². The van der Waals surface area contributed by atoms with Crippen molar-refractivity contribution in [2.45, 2.75) is 26.8 Å². The Labute approximate surface area is 103 Å². The van der Waals surface area contributed by atoms with Crippen LogP contribution in [0.4, 0.5) is 0 Å². The third-order valence-electron chi connectivity index (χ3n) is 2.34. The van der Waals surface area contributed by atoms with Crippen LogP contribution in [0.5, 0.6) is 0 Å². The summed E-state index contributed by atoms with van der Waals surface area (Å²) in [6, 6.07) is -0.381. The van der Waals surface area contributed by atoms with Crippen molar-refractivity contribution in [2.75, 3.05) is 13.7 Å². The van der Waals surface area contributed by atoms with Crippen LogP contribution < -0.4 is 16.6 Å². The van der Waals surface area contributed by atoms with Gasteiger partial charge in [0.2, 0.25) is 0 Å². The molecule has 4 N–H and O–H groups in total. The molecule has 0 aromatic heterocycles. The monoisotopic (exact) mass is 241 g/mol. The van der Waals surface area contributed by atoms with Crippen molar-refractivity contribution < 1.29 is 9.53 Å². The second-order valence-electron chi connectivity index (χ2n) is 4.79. The van der Waals surface area contributed by atoms with Gasteiger partial charge in [-0.05, 0) is 11.0 Å². The fraction of sp³-hybridized carbons (Fsp3) is 0.583. The maximum absolute atomic E-state index is 11.6. The third kappa shape index (κ3) is 5.51. The molecule has 1 atom stereocenters. The van der Waals surface area contributed by atoms with Crippen molar-refractivity contribution in [3.8, 4) is 0 Å². The predicted molar refractivity (Wildman–Crippen MR) is 68.9 cm³/mol. The summed E-state index contributed by atoms with van der Waals surface area (Å²) in [5, 5.41) is 3.14. The first-order valence-corrected chi connectivity index (χ1v) is 5.45. The first-order chi connectivity index (χ1) is 7.86. The van der Waals surface area contributed by atoms with Gasteiger partial charge in [-0.1, -0.05) is 33.4 Å². The highest BCUT2D eigenvalue weighted by molar-refractivity contribution is 5.76. The largest absolute Gasteiger partial charge is 0.468 e. The van der Waals surface area contributed by atoms with Crippen LogP contribution in [0.25, 0.3) is 0 Å². The molecule has 0 rings (SSSR count). The van der Waals surface area contributed by atoms with Gasteiger partial charge in [0, 0.05) is 12.7 Å². The van der Waals surface area contributed by atoms with E-state index in [0.717, 1.165) is 5.57 Å². The fourth-order valence-corrected chi connectivity index (χ4v) is 1.37. The summed E-state index contributed by atoms with van der Waals surface area (Å²) in [6.07, 6.45) is 3.29. The molecule has 0 aromatic rings. The van der Waals surface area contributed by atoms with Crippen molar-refractivity contribution in [3.63, 3.8) is 0 Å². The number of hydrazine groups is 1. The molecule has 5 nitrogen and oxygen atoms in total. The Morgan fingerprint density at radius 2 is 2.12 bits per heavy atom. The zero-order valence-corrected chi connectivity index (χ0v) is 11.0. The van der Waals surface area contributed by atoms with E-state index in [1.54, 1.807) is 12.3 Å². The molecule has 0 aromatic carbocycles. The number of esters is 1. The third-order valence-corrected chi connectivity index (χ3v) is 2.34. The highest BCUT2D eigenvalue weighted by Gasteiger charge is 2.31.